The molecule has 0 saturated heterocycles. The van der Waals surface area contributed by atoms with Crippen LogP contribution in [-0.4, -0.2) is 4.98 Å². The van der Waals surface area contributed by atoms with E-state index in [1.807, 2.05) is 0 Å². The minimum atomic E-state index is 0.0288. The molecule has 0 radical (unpaired) electrons. The second kappa shape index (κ2) is 3.87. The third kappa shape index (κ3) is 1.82. The van der Waals surface area contributed by atoms with Gasteiger partial charge in [0.25, 0.3) is 0 Å². The molecule has 5 heteroatoms. The molecule has 0 aliphatic carbocycles. The third-order valence-corrected chi connectivity index (χ3v) is 2.25. The van der Waals surface area contributed by atoms with Crippen molar-refractivity contribution in [2.24, 2.45) is 0 Å². The van der Waals surface area contributed by atoms with E-state index < -0.39 is 0 Å². The van der Waals surface area contributed by atoms with Crippen molar-refractivity contribution in [2.75, 3.05) is 0 Å². The highest BCUT2D eigenvalue weighted by atomic mass is 35.5. The number of hydrogen-bond donors (Lipinski definition) is 0. The number of nitrogens with zero attached hydrogens (tertiary/aromatic N) is 3. The number of thiazole rings is 1. The van der Waals surface area contributed by atoms with Gasteiger partial charge in [-0.25, -0.2) is 4.98 Å². The highest BCUT2D eigenvalue weighted by molar-refractivity contribution is 7.11. The Morgan fingerprint density at radius 2 is 2.25 bits per heavy atom. The van der Waals surface area contributed by atoms with Crippen LogP contribution >= 0.6 is 22.9 Å². The average Bonchev–Trinajstić information content (AvgIpc) is 2.47. The fraction of sp³-hybridized carbons (Fsp3) is 0. The summed E-state index contributed by atoms with van der Waals surface area (Å²) >= 11 is 6.92. The second-order valence-electron chi connectivity index (χ2n) is 1.79. The first-order chi connectivity index (χ1) is 5.77. The first kappa shape index (κ1) is 8.73. The zero-order chi connectivity index (χ0) is 8.97. The largest absolute Gasteiger partial charge is 0.232 e. The van der Waals surface area contributed by atoms with Gasteiger partial charge in [0.05, 0.1) is 10.4 Å². The molecular formula is C7H2ClN3S. The van der Waals surface area contributed by atoms with Gasteiger partial charge in [-0.2, -0.15) is 10.5 Å². The normalized spacial score (nSPS) is 8.25. The summed E-state index contributed by atoms with van der Waals surface area (Å²) in [4.78, 5) is 4.39. The molecule has 58 valence electrons. The third-order valence-electron chi connectivity index (χ3n) is 1.07. The Labute approximate surface area is 78.2 Å². The van der Waals surface area contributed by atoms with E-state index in [2.05, 4.69) is 4.98 Å². The maximum absolute atomic E-state index is 8.42. The Hall–Kier alpha value is -1.36. The van der Waals surface area contributed by atoms with Gasteiger partial charge in [0.1, 0.15) is 22.9 Å². The quantitative estimate of drug-likeness (QED) is 0.646. The summed E-state index contributed by atoms with van der Waals surface area (Å²) in [7, 11) is 0. The minimum absolute atomic E-state index is 0.0288. The summed E-state index contributed by atoms with van der Waals surface area (Å²) in [6.45, 7) is 0. The van der Waals surface area contributed by atoms with Crippen LogP contribution in [0, 0.1) is 22.7 Å². The second-order valence-corrected chi connectivity index (χ2v) is 3.03. The van der Waals surface area contributed by atoms with Gasteiger partial charge < -0.3 is 0 Å². The lowest BCUT2D eigenvalue weighted by Crippen LogP contribution is -1.71. The number of nitriles is 2. The SMILES string of the molecule is N#CC(C#N)=Cc1scnc1Cl. The molecule has 0 unspecified atom stereocenters. The molecule has 1 rings (SSSR count). The summed E-state index contributed by atoms with van der Waals surface area (Å²) in [5, 5.41) is 17.2. The molecule has 0 atom stereocenters. The van der Waals surface area contributed by atoms with Gasteiger partial charge in [-0.1, -0.05) is 11.6 Å². The number of halogens is 1. The molecule has 0 saturated carbocycles. The fourth-order valence-corrected chi connectivity index (χ4v) is 1.46. The van der Waals surface area contributed by atoms with Crippen molar-refractivity contribution in [1.82, 2.24) is 4.98 Å². The first-order valence-corrected chi connectivity index (χ1v) is 4.14. The standard InChI is InChI=1S/C7H2ClN3S/c8-7-6(12-4-11-7)1-5(2-9)3-10/h1,4H. The van der Waals surface area contributed by atoms with Crippen molar-refractivity contribution in [3.05, 3.63) is 21.1 Å². The van der Waals surface area contributed by atoms with E-state index in [1.165, 1.54) is 17.4 Å². The van der Waals surface area contributed by atoms with E-state index in [-0.39, 0.29) is 5.57 Å². The summed E-state index contributed by atoms with van der Waals surface area (Å²) in [6, 6.07) is 3.47. The van der Waals surface area contributed by atoms with Crippen LogP contribution in [0.15, 0.2) is 11.1 Å². The maximum atomic E-state index is 8.42. The Bertz CT molecular complexity index is 378. The lowest BCUT2D eigenvalue weighted by molar-refractivity contribution is 1.41. The molecule has 12 heavy (non-hydrogen) atoms. The molecule has 0 fully saturated rings. The molecule has 1 aromatic heterocycles. The van der Waals surface area contributed by atoms with Gasteiger partial charge in [0.2, 0.25) is 0 Å². The lowest BCUT2D eigenvalue weighted by atomic mass is 10.3. The molecule has 1 heterocycles. The van der Waals surface area contributed by atoms with E-state index in [4.69, 9.17) is 22.1 Å². The minimum Gasteiger partial charge on any atom is -0.232 e. The van der Waals surface area contributed by atoms with Crippen molar-refractivity contribution >= 4 is 29.0 Å². The summed E-state index contributed by atoms with van der Waals surface area (Å²) in [5.74, 6) is 0. The smallest absolute Gasteiger partial charge is 0.147 e. The predicted molar refractivity (Wildman–Crippen MR) is 46.3 cm³/mol. The summed E-state index contributed by atoms with van der Waals surface area (Å²) in [5.41, 5.74) is 1.58. The molecule has 1 aromatic rings. The van der Waals surface area contributed by atoms with Crippen LogP contribution in [0.5, 0.6) is 0 Å². The zero-order valence-corrected chi connectivity index (χ0v) is 7.35. The van der Waals surface area contributed by atoms with Crippen molar-refractivity contribution < 1.29 is 0 Å². The van der Waals surface area contributed by atoms with Gasteiger partial charge in [-0.15, -0.1) is 11.3 Å². The van der Waals surface area contributed by atoms with Crippen LogP contribution in [0.4, 0.5) is 0 Å². The van der Waals surface area contributed by atoms with Gasteiger partial charge in [-0.05, 0) is 6.08 Å². The fourth-order valence-electron chi connectivity index (χ4n) is 0.556. The zero-order valence-electron chi connectivity index (χ0n) is 5.78. The summed E-state index contributed by atoms with van der Waals surface area (Å²) in [6.07, 6.45) is 1.42. The number of allylic oxidation sites excluding steroid dienone is 1. The molecular weight excluding hydrogens is 194 g/mol. The van der Waals surface area contributed by atoms with E-state index in [1.54, 1.807) is 17.6 Å². The molecule has 0 aliphatic rings. The lowest BCUT2D eigenvalue weighted by Gasteiger charge is -1.83. The van der Waals surface area contributed by atoms with Crippen LogP contribution in [0.3, 0.4) is 0 Å². The Morgan fingerprint density at radius 1 is 1.58 bits per heavy atom. The predicted octanol–water partition coefficient (Wildman–Crippen LogP) is 2.23. The first-order valence-electron chi connectivity index (χ1n) is 2.89. The van der Waals surface area contributed by atoms with Crippen LogP contribution in [-0.2, 0) is 0 Å². The van der Waals surface area contributed by atoms with E-state index in [9.17, 15) is 0 Å². The van der Waals surface area contributed by atoms with Crippen LogP contribution in [0.1, 0.15) is 4.88 Å². The molecule has 0 spiro atoms. The van der Waals surface area contributed by atoms with Crippen molar-refractivity contribution in [1.29, 1.82) is 10.5 Å². The summed E-state index contributed by atoms with van der Waals surface area (Å²) < 4.78 is 0. The average molecular weight is 196 g/mol. The van der Waals surface area contributed by atoms with Gasteiger partial charge in [-0.3, -0.25) is 0 Å². The molecule has 3 nitrogen and oxygen atoms in total. The van der Waals surface area contributed by atoms with Crippen molar-refractivity contribution in [2.45, 2.75) is 0 Å². The highest BCUT2D eigenvalue weighted by Gasteiger charge is 2.01. The van der Waals surface area contributed by atoms with Crippen LogP contribution in [0.25, 0.3) is 6.08 Å². The van der Waals surface area contributed by atoms with Crippen LogP contribution < -0.4 is 0 Å². The van der Waals surface area contributed by atoms with E-state index in [0.717, 1.165) is 0 Å². The van der Waals surface area contributed by atoms with Gasteiger partial charge in [0.15, 0.2) is 0 Å². The monoisotopic (exact) mass is 195 g/mol. The molecule has 0 aliphatic heterocycles. The van der Waals surface area contributed by atoms with Crippen molar-refractivity contribution in [3.63, 3.8) is 0 Å². The Morgan fingerprint density at radius 3 is 2.67 bits per heavy atom. The number of aromatic nitrogens is 1. The molecule has 0 aromatic carbocycles. The molecule has 0 N–H and O–H groups in total. The van der Waals surface area contributed by atoms with E-state index in [0.29, 0.717) is 10.0 Å². The Kier molecular flexibility index (Phi) is 2.82. The highest BCUT2D eigenvalue weighted by Crippen LogP contribution is 2.21. The van der Waals surface area contributed by atoms with Gasteiger partial charge in [0, 0.05) is 0 Å². The maximum Gasteiger partial charge on any atom is 0.147 e. The molecule has 0 bridgehead atoms. The Balaban J connectivity index is 3.05. The number of rotatable bonds is 1. The molecule has 0 amide bonds. The van der Waals surface area contributed by atoms with Crippen LogP contribution in [0.2, 0.25) is 5.15 Å². The van der Waals surface area contributed by atoms with E-state index >= 15 is 0 Å². The topological polar surface area (TPSA) is 60.5 Å². The van der Waals surface area contributed by atoms with Gasteiger partial charge >= 0.3 is 0 Å². The number of hydrogen-bond acceptors (Lipinski definition) is 4. The van der Waals surface area contributed by atoms with Crippen molar-refractivity contribution in [3.8, 4) is 12.1 Å².